The van der Waals surface area contributed by atoms with E-state index >= 15 is 0 Å². The number of hydrogen-bond acceptors (Lipinski definition) is 4. The molecule has 0 saturated heterocycles. The molecule has 0 spiro atoms. The van der Waals surface area contributed by atoms with Gasteiger partial charge in [-0.3, -0.25) is 19.0 Å². The molecule has 3 rings (SSSR count). The van der Waals surface area contributed by atoms with E-state index in [-0.39, 0.29) is 24.1 Å². The fourth-order valence-corrected chi connectivity index (χ4v) is 4.86. The van der Waals surface area contributed by atoms with Crippen molar-refractivity contribution in [1.29, 1.82) is 0 Å². The minimum absolute atomic E-state index is 0.0920. The Balaban J connectivity index is 1.63. The molecule has 0 unspecified atom stereocenters. The van der Waals surface area contributed by atoms with E-state index in [1.165, 1.54) is 0 Å². The van der Waals surface area contributed by atoms with Gasteiger partial charge in [0, 0.05) is 47.7 Å². The van der Waals surface area contributed by atoms with Crippen molar-refractivity contribution in [2.75, 3.05) is 26.7 Å². The summed E-state index contributed by atoms with van der Waals surface area (Å²) in [6.07, 6.45) is 4.38. The molecule has 204 valence electrons. The average Bonchev–Trinajstić information content (AvgIpc) is 3.18. The normalized spacial score (nSPS) is 11.0. The Bertz CT molecular complexity index is 1260. The minimum Gasteiger partial charge on any atom is -0.497 e. The minimum atomic E-state index is -0.180. The number of ether oxygens (including phenoxy) is 1. The van der Waals surface area contributed by atoms with Crippen molar-refractivity contribution in [3.8, 4) is 5.75 Å². The largest absolute Gasteiger partial charge is 0.497 e. The molecule has 0 radical (unpaired) electrons. The lowest BCUT2D eigenvalue weighted by Crippen LogP contribution is -2.30. The highest BCUT2D eigenvalue weighted by Crippen LogP contribution is 2.31. The molecular weight excluding hydrogens is 502 g/mol. The molecule has 0 aliphatic carbocycles. The summed E-state index contributed by atoms with van der Waals surface area (Å²) in [5.74, 6) is 0.602. The summed E-state index contributed by atoms with van der Waals surface area (Å²) in [6, 6.07) is 12.3. The number of benzene rings is 2. The lowest BCUT2D eigenvalue weighted by atomic mass is 10.1. The van der Waals surface area contributed by atoms with E-state index in [2.05, 4.69) is 5.32 Å². The zero-order valence-corrected chi connectivity index (χ0v) is 23.6. The summed E-state index contributed by atoms with van der Waals surface area (Å²) in [6.45, 7) is 7.94. The molecule has 0 aliphatic rings. The second-order valence-electron chi connectivity index (χ2n) is 9.35. The Morgan fingerprint density at radius 2 is 1.66 bits per heavy atom. The molecule has 0 saturated carbocycles. The molecule has 38 heavy (non-hydrogen) atoms. The topological polar surface area (TPSA) is 80.6 Å². The van der Waals surface area contributed by atoms with Crippen molar-refractivity contribution in [3.05, 3.63) is 64.3 Å². The van der Waals surface area contributed by atoms with Crippen molar-refractivity contribution in [1.82, 2.24) is 14.8 Å². The Labute approximate surface area is 230 Å². The highest BCUT2D eigenvalue weighted by atomic mass is 35.5. The second kappa shape index (κ2) is 14.0. The van der Waals surface area contributed by atoms with Crippen molar-refractivity contribution >= 4 is 40.2 Å². The summed E-state index contributed by atoms with van der Waals surface area (Å²) < 4.78 is 7.06. The van der Waals surface area contributed by atoms with E-state index < -0.39 is 0 Å². The van der Waals surface area contributed by atoms with Gasteiger partial charge in [-0.05, 0) is 81.6 Å². The van der Waals surface area contributed by atoms with Crippen LogP contribution >= 0.6 is 11.6 Å². The van der Waals surface area contributed by atoms with Gasteiger partial charge in [0.05, 0.1) is 19.0 Å². The number of nitrogens with one attached hydrogen (secondary N) is 1. The smallest absolute Gasteiger partial charge is 0.262 e. The third-order valence-corrected chi connectivity index (χ3v) is 7.18. The van der Waals surface area contributed by atoms with Crippen LogP contribution in [0.2, 0.25) is 5.02 Å². The molecule has 0 bridgehead atoms. The van der Waals surface area contributed by atoms with Crippen LogP contribution in [-0.4, -0.2) is 53.9 Å². The van der Waals surface area contributed by atoms with Crippen LogP contribution in [0.4, 0.5) is 0 Å². The van der Waals surface area contributed by atoms with Crippen LogP contribution in [0, 0.1) is 6.92 Å². The van der Waals surface area contributed by atoms with Crippen molar-refractivity contribution in [2.45, 2.75) is 59.3 Å². The molecule has 8 heteroatoms. The zero-order valence-electron chi connectivity index (χ0n) is 22.8. The zero-order chi connectivity index (χ0) is 27.7. The van der Waals surface area contributed by atoms with E-state index in [0.29, 0.717) is 29.3 Å². The van der Waals surface area contributed by atoms with Crippen LogP contribution in [0.3, 0.4) is 0 Å². The molecule has 0 aliphatic heterocycles. The first-order chi connectivity index (χ1) is 18.3. The molecular formula is C30H38ClN3O4. The van der Waals surface area contributed by atoms with Gasteiger partial charge in [-0.2, -0.15) is 0 Å². The van der Waals surface area contributed by atoms with Crippen LogP contribution in [0.5, 0.6) is 5.75 Å². The third kappa shape index (κ3) is 7.16. The van der Waals surface area contributed by atoms with Gasteiger partial charge in [-0.15, -0.1) is 0 Å². The first kappa shape index (κ1) is 29.2. The van der Waals surface area contributed by atoms with Crippen LogP contribution in [0.1, 0.15) is 67.6 Å². The number of carbonyl (C=O) groups excluding carboxylic acids is 3. The van der Waals surface area contributed by atoms with Crippen LogP contribution in [0.25, 0.3) is 10.9 Å². The average molecular weight is 540 g/mol. The van der Waals surface area contributed by atoms with E-state index in [1.54, 1.807) is 35.9 Å². The monoisotopic (exact) mass is 539 g/mol. The molecule has 7 nitrogen and oxygen atoms in total. The number of unbranched alkanes of at least 4 members (excludes halogenated alkanes) is 3. The molecule has 1 aromatic heterocycles. The maximum Gasteiger partial charge on any atom is 0.262 e. The second-order valence-corrected chi connectivity index (χ2v) is 9.79. The van der Waals surface area contributed by atoms with Gasteiger partial charge in [0.25, 0.3) is 5.91 Å². The SMILES string of the molecule is CCN(CC)C(=O)CCCCCCNC(=O)Cc1c(C)n(C(=O)c2ccc(Cl)cc2)c2ccc(OC)cc12. The van der Waals surface area contributed by atoms with Crippen LogP contribution in [-0.2, 0) is 16.0 Å². The number of methoxy groups -OCH3 is 1. The fourth-order valence-electron chi connectivity index (χ4n) is 4.74. The van der Waals surface area contributed by atoms with Crippen molar-refractivity contribution in [3.63, 3.8) is 0 Å². The number of hydrogen-bond donors (Lipinski definition) is 1. The first-order valence-electron chi connectivity index (χ1n) is 13.3. The summed E-state index contributed by atoms with van der Waals surface area (Å²) >= 11 is 6.00. The lowest BCUT2D eigenvalue weighted by Gasteiger charge is -2.18. The molecule has 0 atom stereocenters. The summed E-state index contributed by atoms with van der Waals surface area (Å²) in [5, 5.41) is 4.39. The van der Waals surface area contributed by atoms with E-state index in [0.717, 1.165) is 60.9 Å². The van der Waals surface area contributed by atoms with Crippen LogP contribution in [0.15, 0.2) is 42.5 Å². The maximum absolute atomic E-state index is 13.4. The van der Waals surface area contributed by atoms with E-state index in [9.17, 15) is 14.4 Å². The summed E-state index contributed by atoms with van der Waals surface area (Å²) in [4.78, 5) is 40.2. The molecule has 0 fully saturated rings. The van der Waals surface area contributed by atoms with Gasteiger partial charge in [0.1, 0.15) is 5.75 Å². The molecule has 2 aromatic carbocycles. The Morgan fingerprint density at radius 3 is 2.32 bits per heavy atom. The lowest BCUT2D eigenvalue weighted by molar-refractivity contribution is -0.131. The van der Waals surface area contributed by atoms with Gasteiger partial charge in [-0.1, -0.05) is 24.4 Å². The third-order valence-electron chi connectivity index (χ3n) is 6.93. The van der Waals surface area contributed by atoms with Crippen molar-refractivity contribution in [2.24, 2.45) is 0 Å². The Hall–Kier alpha value is -3.32. The number of carbonyl (C=O) groups is 3. The van der Waals surface area contributed by atoms with Gasteiger partial charge in [-0.25, -0.2) is 0 Å². The van der Waals surface area contributed by atoms with Crippen LogP contribution < -0.4 is 10.1 Å². The Morgan fingerprint density at radius 1 is 0.974 bits per heavy atom. The summed E-state index contributed by atoms with van der Waals surface area (Å²) in [7, 11) is 1.59. The standard InChI is InChI=1S/C30H38ClN3O4/c1-5-33(6-2)29(36)11-9-7-8-10-18-32-28(35)20-25-21(3)34(27-17-16-24(38-4)19-26(25)27)30(37)22-12-14-23(31)15-13-22/h12-17,19H,5-11,18,20H2,1-4H3,(H,32,35). The number of amides is 2. The number of aromatic nitrogens is 1. The highest BCUT2D eigenvalue weighted by molar-refractivity contribution is 6.30. The van der Waals surface area contributed by atoms with Gasteiger partial charge in [0.2, 0.25) is 11.8 Å². The molecule has 1 N–H and O–H groups in total. The Kier molecular flexibility index (Phi) is 10.8. The maximum atomic E-state index is 13.4. The predicted molar refractivity (Wildman–Crippen MR) is 152 cm³/mol. The van der Waals surface area contributed by atoms with Gasteiger partial charge < -0.3 is 15.0 Å². The number of halogens is 1. The highest BCUT2D eigenvalue weighted by Gasteiger charge is 2.22. The van der Waals surface area contributed by atoms with E-state index in [1.807, 2.05) is 43.9 Å². The number of fused-ring (bicyclic) bond motifs is 1. The molecule has 2 amide bonds. The molecule has 1 heterocycles. The fraction of sp³-hybridized carbons (Fsp3) is 0.433. The predicted octanol–water partition coefficient (Wildman–Crippen LogP) is 5.78. The quantitative estimate of drug-likeness (QED) is 0.279. The first-order valence-corrected chi connectivity index (χ1v) is 13.7. The van der Waals surface area contributed by atoms with Gasteiger partial charge in [0.15, 0.2) is 0 Å². The van der Waals surface area contributed by atoms with Crippen molar-refractivity contribution < 1.29 is 19.1 Å². The number of rotatable bonds is 13. The van der Waals surface area contributed by atoms with E-state index in [4.69, 9.17) is 16.3 Å². The molecule has 3 aromatic rings. The van der Waals surface area contributed by atoms with Gasteiger partial charge >= 0.3 is 0 Å². The summed E-state index contributed by atoms with van der Waals surface area (Å²) in [5.41, 5.74) is 2.76. The number of nitrogens with zero attached hydrogens (tertiary/aromatic N) is 2.